The molecule has 30 heavy (non-hydrogen) atoms. The van der Waals surface area contributed by atoms with Crippen LogP contribution in [0.5, 0.6) is 0 Å². The van der Waals surface area contributed by atoms with Crippen molar-refractivity contribution in [2.75, 3.05) is 43.4 Å². The number of hydrogen-bond donors (Lipinski definition) is 1. The molecule has 0 amide bonds. The third-order valence-electron chi connectivity index (χ3n) is 5.81. The van der Waals surface area contributed by atoms with E-state index in [2.05, 4.69) is 68.3 Å². The van der Waals surface area contributed by atoms with Crippen molar-refractivity contribution in [2.45, 2.75) is 6.42 Å². The Bertz CT molecular complexity index is 1120. The molecule has 0 unspecified atom stereocenters. The van der Waals surface area contributed by atoms with Crippen molar-refractivity contribution in [2.24, 2.45) is 0 Å². The molecule has 6 heteroatoms. The van der Waals surface area contributed by atoms with Gasteiger partial charge < -0.3 is 10.6 Å². The number of pyridine rings is 1. The molecule has 3 heterocycles. The zero-order chi connectivity index (χ0) is 20.3. The minimum Gasteiger partial charge on any atom is -0.375 e. The van der Waals surface area contributed by atoms with Crippen LogP contribution in [0.3, 0.4) is 0 Å². The average molecular weight is 416 g/mol. The molecule has 0 bridgehead atoms. The number of benzene rings is 2. The Morgan fingerprint density at radius 2 is 1.73 bits per heavy atom. The van der Waals surface area contributed by atoms with Gasteiger partial charge >= 0.3 is 0 Å². The van der Waals surface area contributed by atoms with Crippen molar-refractivity contribution in [3.63, 3.8) is 0 Å². The summed E-state index contributed by atoms with van der Waals surface area (Å²) >= 11 is 1.48. The molecule has 5 nitrogen and oxygen atoms in total. The fourth-order valence-corrected chi connectivity index (χ4v) is 4.68. The summed E-state index contributed by atoms with van der Waals surface area (Å²) in [5.74, 6) is 0. The highest BCUT2D eigenvalue weighted by Crippen LogP contribution is 2.26. The number of para-hydroxylation sites is 1. The van der Waals surface area contributed by atoms with Crippen LogP contribution in [0.2, 0.25) is 0 Å². The normalized spacial score (nSPS) is 15.0. The van der Waals surface area contributed by atoms with E-state index in [0.717, 1.165) is 55.9 Å². The lowest BCUT2D eigenvalue weighted by Gasteiger charge is -2.36. The maximum atomic E-state index is 5.75. The molecule has 0 atom stereocenters. The number of hydrogen-bond acceptors (Lipinski definition) is 6. The van der Waals surface area contributed by atoms with Gasteiger partial charge in [-0.15, -0.1) is 11.3 Å². The molecule has 0 spiro atoms. The molecule has 152 valence electrons. The SMILES string of the molecule is Nc1nc(-c2ccc(CCN3CCN(c4cccc5cccnc45)CC3)cc2)cs1. The van der Waals surface area contributed by atoms with E-state index in [1.165, 1.54) is 28.0 Å². The lowest BCUT2D eigenvalue weighted by Crippen LogP contribution is -2.47. The van der Waals surface area contributed by atoms with Gasteiger partial charge in [-0.2, -0.15) is 0 Å². The molecule has 0 aliphatic carbocycles. The first-order valence-corrected chi connectivity index (χ1v) is 11.3. The number of aromatic nitrogens is 2. The second-order valence-corrected chi connectivity index (χ2v) is 8.59. The van der Waals surface area contributed by atoms with Gasteiger partial charge in [-0.05, 0) is 24.1 Å². The van der Waals surface area contributed by atoms with Crippen LogP contribution < -0.4 is 10.6 Å². The molecule has 1 saturated heterocycles. The summed E-state index contributed by atoms with van der Waals surface area (Å²) in [6.07, 6.45) is 2.95. The first-order valence-electron chi connectivity index (χ1n) is 10.4. The van der Waals surface area contributed by atoms with Crippen molar-refractivity contribution < 1.29 is 0 Å². The summed E-state index contributed by atoms with van der Waals surface area (Å²) in [6, 6.07) is 19.3. The van der Waals surface area contributed by atoms with Gasteiger partial charge in [0.15, 0.2) is 5.13 Å². The van der Waals surface area contributed by atoms with Crippen molar-refractivity contribution in [3.8, 4) is 11.3 Å². The number of thiazole rings is 1. The molecule has 0 saturated carbocycles. The monoisotopic (exact) mass is 415 g/mol. The molecule has 1 fully saturated rings. The minimum absolute atomic E-state index is 0.618. The third kappa shape index (κ3) is 4.01. The number of nitrogens with two attached hydrogens (primary N) is 1. The standard InChI is InChI=1S/C24H25N5S/c25-24-27-21(17-30-24)19-8-6-18(7-9-19)10-12-28-13-15-29(16-14-28)22-5-1-3-20-4-2-11-26-23(20)22/h1-9,11,17H,10,12-16H2,(H2,25,27). The van der Waals surface area contributed by atoms with E-state index >= 15 is 0 Å². The van der Waals surface area contributed by atoms with E-state index in [-0.39, 0.29) is 0 Å². The molecule has 0 radical (unpaired) electrons. The molecule has 5 rings (SSSR count). The Morgan fingerprint density at radius 3 is 2.50 bits per heavy atom. The largest absolute Gasteiger partial charge is 0.375 e. The van der Waals surface area contributed by atoms with E-state index in [4.69, 9.17) is 5.73 Å². The van der Waals surface area contributed by atoms with Crippen molar-refractivity contribution in [1.82, 2.24) is 14.9 Å². The van der Waals surface area contributed by atoms with Gasteiger partial charge in [-0.1, -0.05) is 42.5 Å². The number of nitrogen functional groups attached to an aromatic ring is 1. The van der Waals surface area contributed by atoms with Gasteiger partial charge in [0.25, 0.3) is 0 Å². The van der Waals surface area contributed by atoms with E-state index in [0.29, 0.717) is 5.13 Å². The highest BCUT2D eigenvalue weighted by molar-refractivity contribution is 7.13. The summed E-state index contributed by atoms with van der Waals surface area (Å²) in [6.45, 7) is 5.34. The van der Waals surface area contributed by atoms with Crippen molar-refractivity contribution in [1.29, 1.82) is 0 Å². The maximum absolute atomic E-state index is 5.75. The second-order valence-electron chi connectivity index (χ2n) is 7.70. The predicted octanol–water partition coefficient (Wildman–Crippen LogP) is 4.31. The summed E-state index contributed by atoms with van der Waals surface area (Å²) in [5, 5.41) is 3.84. The molecular formula is C24H25N5S. The average Bonchev–Trinajstić information content (AvgIpc) is 3.24. The van der Waals surface area contributed by atoms with Crippen molar-refractivity contribution >= 4 is 33.1 Å². The second kappa shape index (κ2) is 8.42. The summed E-state index contributed by atoms with van der Waals surface area (Å²) < 4.78 is 0. The van der Waals surface area contributed by atoms with E-state index < -0.39 is 0 Å². The number of fused-ring (bicyclic) bond motifs is 1. The van der Waals surface area contributed by atoms with E-state index in [1.54, 1.807) is 0 Å². The van der Waals surface area contributed by atoms with E-state index in [1.807, 2.05) is 17.6 Å². The number of nitrogens with zero attached hydrogens (tertiary/aromatic N) is 4. The third-order valence-corrected chi connectivity index (χ3v) is 6.49. The van der Waals surface area contributed by atoms with Crippen LogP contribution in [0.25, 0.3) is 22.2 Å². The van der Waals surface area contributed by atoms with Crippen molar-refractivity contribution in [3.05, 3.63) is 71.7 Å². The van der Waals surface area contributed by atoms with Crippen LogP contribution in [0.15, 0.2) is 66.2 Å². The highest BCUT2D eigenvalue weighted by Gasteiger charge is 2.18. The lowest BCUT2D eigenvalue weighted by molar-refractivity contribution is 0.261. The summed E-state index contributed by atoms with van der Waals surface area (Å²) in [7, 11) is 0. The zero-order valence-corrected chi connectivity index (χ0v) is 17.7. The van der Waals surface area contributed by atoms with Crippen LogP contribution >= 0.6 is 11.3 Å². The molecule has 1 aliphatic rings. The van der Waals surface area contributed by atoms with Gasteiger partial charge in [-0.3, -0.25) is 9.88 Å². The molecule has 2 aromatic heterocycles. The minimum atomic E-state index is 0.618. The molecule has 4 aromatic rings. The Hall–Kier alpha value is -2.96. The highest BCUT2D eigenvalue weighted by atomic mass is 32.1. The zero-order valence-electron chi connectivity index (χ0n) is 16.9. The van der Waals surface area contributed by atoms with Crippen LogP contribution in [0.4, 0.5) is 10.8 Å². The summed E-state index contributed by atoms with van der Waals surface area (Å²) in [4.78, 5) is 14.0. The maximum Gasteiger partial charge on any atom is 0.180 e. The lowest BCUT2D eigenvalue weighted by atomic mass is 10.1. The van der Waals surface area contributed by atoms with E-state index in [9.17, 15) is 0 Å². The first-order chi connectivity index (χ1) is 14.8. The molecule has 2 aromatic carbocycles. The van der Waals surface area contributed by atoms with Crippen LogP contribution in [0, 0.1) is 0 Å². The summed E-state index contributed by atoms with van der Waals surface area (Å²) in [5.41, 5.74) is 11.6. The Morgan fingerprint density at radius 1 is 0.933 bits per heavy atom. The fraction of sp³-hybridized carbons (Fsp3) is 0.250. The van der Waals surface area contributed by atoms with Gasteiger partial charge in [-0.25, -0.2) is 4.98 Å². The van der Waals surface area contributed by atoms with Gasteiger partial charge in [0.05, 0.1) is 16.9 Å². The Kier molecular flexibility index (Phi) is 5.34. The Balaban J connectivity index is 1.17. The van der Waals surface area contributed by atoms with Crippen LogP contribution in [0.1, 0.15) is 5.56 Å². The molecule has 1 aliphatic heterocycles. The molecule has 2 N–H and O–H groups in total. The molecular weight excluding hydrogens is 390 g/mol. The van der Waals surface area contributed by atoms with Gasteiger partial charge in [0.1, 0.15) is 0 Å². The smallest absolute Gasteiger partial charge is 0.180 e. The fourth-order valence-electron chi connectivity index (χ4n) is 4.11. The number of piperazine rings is 1. The van der Waals surface area contributed by atoms with Gasteiger partial charge in [0.2, 0.25) is 0 Å². The number of rotatable bonds is 5. The first kappa shape index (κ1) is 19.0. The van der Waals surface area contributed by atoms with Crippen LogP contribution in [-0.2, 0) is 6.42 Å². The number of anilines is 2. The topological polar surface area (TPSA) is 58.3 Å². The van der Waals surface area contributed by atoms with Gasteiger partial charge in [0, 0.05) is 55.3 Å². The quantitative estimate of drug-likeness (QED) is 0.526. The Labute approximate surface area is 180 Å². The predicted molar refractivity (Wildman–Crippen MR) is 126 cm³/mol. The van der Waals surface area contributed by atoms with Crippen LogP contribution in [-0.4, -0.2) is 47.6 Å².